The Morgan fingerprint density at radius 3 is 2.22 bits per heavy atom. The van der Waals surface area contributed by atoms with Crippen LogP contribution in [0, 0.1) is 0 Å². The first kappa shape index (κ1) is 9.92. The highest BCUT2D eigenvalue weighted by atomic mass is 32.9. The molecule has 0 saturated carbocycles. The second-order valence-electron chi connectivity index (χ2n) is 1.90. The summed E-state index contributed by atoms with van der Waals surface area (Å²) in [5, 5.41) is 3.11. The van der Waals surface area contributed by atoms with E-state index in [0.717, 1.165) is 0 Å². The lowest BCUT2D eigenvalue weighted by Crippen LogP contribution is -2.00. The second kappa shape index (κ2) is 3.94. The number of rotatable bonds is 3. The Balaban J connectivity index is 3.73. The summed E-state index contributed by atoms with van der Waals surface area (Å²) in [5.41, 5.74) is -2.23. The summed E-state index contributed by atoms with van der Waals surface area (Å²) in [7, 11) is 1.69. The van der Waals surface area contributed by atoms with Crippen molar-refractivity contribution in [2.24, 2.45) is 0 Å². The van der Waals surface area contributed by atoms with Gasteiger partial charge in [0.15, 0.2) is 5.62 Å². The monoisotopic (exact) mass is 185 g/mol. The van der Waals surface area contributed by atoms with E-state index in [4.69, 9.17) is 11.8 Å². The summed E-state index contributed by atoms with van der Waals surface area (Å²) < 4.78 is 0. The van der Waals surface area contributed by atoms with E-state index in [-0.39, 0.29) is 0 Å². The van der Waals surface area contributed by atoms with Crippen molar-refractivity contribution in [2.75, 3.05) is 7.05 Å². The predicted octanol–water partition coefficient (Wildman–Crippen LogP) is 1.56. The third-order valence-corrected chi connectivity index (χ3v) is 5.90. The van der Waals surface area contributed by atoms with Gasteiger partial charge in [0.25, 0.3) is 0 Å². The van der Waals surface area contributed by atoms with Crippen LogP contribution in [0.25, 0.3) is 0 Å². The van der Waals surface area contributed by atoms with Crippen LogP contribution < -0.4 is 5.09 Å². The molecule has 56 valence electrons. The van der Waals surface area contributed by atoms with Crippen LogP contribution in [0.1, 0.15) is 13.8 Å². The quantitative estimate of drug-likeness (QED) is 0.654. The van der Waals surface area contributed by atoms with Crippen LogP contribution in [-0.4, -0.2) is 17.2 Å². The Morgan fingerprint density at radius 1 is 1.67 bits per heavy atom. The van der Waals surface area contributed by atoms with Crippen LogP contribution in [-0.2, 0) is 11.8 Å². The van der Waals surface area contributed by atoms with Gasteiger partial charge in [0.2, 0.25) is 0 Å². The average Bonchev–Trinajstić information content (AvgIpc) is 1.63. The number of nitrogens with one attached hydrogen (secondary N) is 1. The van der Waals surface area contributed by atoms with Crippen molar-refractivity contribution in [3.63, 3.8) is 0 Å². The minimum Gasteiger partial charge on any atom is -0.346 e. The predicted molar refractivity (Wildman–Crippen MR) is 48.3 cm³/mol. The molecule has 0 bridgehead atoms. The molecule has 0 aromatic carbocycles. The molecule has 1 unspecified atom stereocenters. The Labute approximate surface area is 65.3 Å². The molecule has 0 saturated heterocycles. The highest BCUT2D eigenvalue weighted by molar-refractivity contribution is 8.68. The molecule has 0 aromatic heterocycles. The van der Waals surface area contributed by atoms with Crippen molar-refractivity contribution in [1.82, 2.24) is 5.09 Å². The maximum atomic E-state index is 9.27. The summed E-state index contributed by atoms with van der Waals surface area (Å²) in [4.78, 5) is 9.27. The minimum atomic E-state index is -2.23. The van der Waals surface area contributed by atoms with Gasteiger partial charge < -0.3 is 4.89 Å². The van der Waals surface area contributed by atoms with Gasteiger partial charge in [-0.3, -0.25) is 5.09 Å². The Bertz CT molecular complexity index is 128. The molecule has 2 N–H and O–H groups in total. The van der Waals surface area contributed by atoms with Crippen molar-refractivity contribution in [2.45, 2.75) is 19.1 Å². The molecule has 1 atom stereocenters. The standard InChI is InChI=1S/C4H12NOPS2/c1-4(2)9-7(6,8)5-3/h4H,1-3H3,(H2,5,6,8). The van der Waals surface area contributed by atoms with E-state index in [9.17, 15) is 4.89 Å². The molecule has 0 aliphatic rings. The van der Waals surface area contributed by atoms with Gasteiger partial charge in [-0.2, -0.15) is 0 Å². The van der Waals surface area contributed by atoms with E-state index >= 15 is 0 Å². The van der Waals surface area contributed by atoms with E-state index in [2.05, 4.69) is 5.09 Å². The van der Waals surface area contributed by atoms with E-state index < -0.39 is 5.62 Å². The highest BCUT2D eigenvalue weighted by Gasteiger charge is 2.11. The van der Waals surface area contributed by atoms with E-state index in [1.807, 2.05) is 13.8 Å². The fourth-order valence-corrected chi connectivity index (χ4v) is 4.60. The number of hydrogen-bond donors (Lipinski definition) is 2. The summed E-state index contributed by atoms with van der Waals surface area (Å²) in [5.74, 6) is 0. The van der Waals surface area contributed by atoms with E-state index in [0.29, 0.717) is 5.25 Å². The lowest BCUT2D eigenvalue weighted by molar-refractivity contribution is 0.629. The maximum Gasteiger partial charge on any atom is 0.183 e. The smallest absolute Gasteiger partial charge is 0.183 e. The van der Waals surface area contributed by atoms with Gasteiger partial charge in [-0.25, -0.2) is 0 Å². The van der Waals surface area contributed by atoms with Crippen LogP contribution in [0.15, 0.2) is 0 Å². The zero-order valence-corrected chi connectivity index (χ0v) is 8.32. The van der Waals surface area contributed by atoms with Gasteiger partial charge in [0.1, 0.15) is 0 Å². The molecule has 0 rings (SSSR count). The topological polar surface area (TPSA) is 32.3 Å². The van der Waals surface area contributed by atoms with Gasteiger partial charge in [-0.1, -0.05) is 25.2 Å². The van der Waals surface area contributed by atoms with Crippen LogP contribution in [0.5, 0.6) is 0 Å². The first-order valence-corrected chi connectivity index (χ1v) is 6.92. The SMILES string of the molecule is CNP(O)(=S)SC(C)C. The van der Waals surface area contributed by atoms with Gasteiger partial charge in [-0.05, 0) is 18.9 Å². The van der Waals surface area contributed by atoms with Crippen LogP contribution in [0.4, 0.5) is 0 Å². The molecular formula is C4H12NOPS2. The van der Waals surface area contributed by atoms with Crippen LogP contribution in [0.3, 0.4) is 0 Å². The maximum absolute atomic E-state index is 9.27. The molecule has 0 amide bonds. The van der Waals surface area contributed by atoms with Crippen LogP contribution in [0.2, 0.25) is 0 Å². The molecule has 2 nitrogen and oxygen atoms in total. The van der Waals surface area contributed by atoms with Crippen LogP contribution >= 0.6 is 17.0 Å². The van der Waals surface area contributed by atoms with E-state index in [1.165, 1.54) is 11.4 Å². The zero-order valence-electron chi connectivity index (χ0n) is 5.79. The molecule has 0 radical (unpaired) electrons. The normalized spacial score (nSPS) is 17.9. The third kappa shape index (κ3) is 5.37. The Hall–Kier alpha value is 0.920. The third-order valence-electron chi connectivity index (χ3n) is 0.636. The van der Waals surface area contributed by atoms with Crippen molar-refractivity contribution in [3.05, 3.63) is 0 Å². The molecule has 0 aromatic rings. The fourth-order valence-electron chi connectivity index (χ4n) is 0.338. The van der Waals surface area contributed by atoms with Crippen molar-refractivity contribution in [1.29, 1.82) is 0 Å². The molecule has 0 heterocycles. The molecule has 0 aliphatic carbocycles. The van der Waals surface area contributed by atoms with Gasteiger partial charge >= 0.3 is 0 Å². The van der Waals surface area contributed by atoms with Crippen molar-refractivity contribution < 1.29 is 4.89 Å². The van der Waals surface area contributed by atoms with Gasteiger partial charge in [0, 0.05) is 5.25 Å². The summed E-state index contributed by atoms with van der Waals surface area (Å²) in [6.07, 6.45) is 0. The first-order valence-electron chi connectivity index (χ1n) is 2.68. The largest absolute Gasteiger partial charge is 0.346 e. The highest BCUT2D eigenvalue weighted by Crippen LogP contribution is 2.52. The molecule has 5 heteroatoms. The Morgan fingerprint density at radius 2 is 2.11 bits per heavy atom. The second-order valence-corrected chi connectivity index (χ2v) is 9.04. The zero-order chi connectivity index (χ0) is 7.49. The molecule has 0 fully saturated rings. The minimum absolute atomic E-state index is 0.397. The average molecular weight is 185 g/mol. The molecule has 9 heavy (non-hydrogen) atoms. The molecular weight excluding hydrogens is 173 g/mol. The summed E-state index contributed by atoms with van der Waals surface area (Å²) >= 11 is 6.27. The first-order chi connectivity index (χ1) is 3.98. The molecule has 0 spiro atoms. The van der Waals surface area contributed by atoms with Gasteiger partial charge in [-0.15, -0.1) is 0 Å². The van der Waals surface area contributed by atoms with Crippen molar-refractivity contribution >= 4 is 28.8 Å². The lowest BCUT2D eigenvalue weighted by Gasteiger charge is -2.14. The van der Waals surface area contributed by atoms with Crippen molar-refractivity contribution in [3.8, 4) is 0 Å². The fraction of sp³-hybridized carbons (Fsp3) is 1.00. The van der Waals surface area contributed by atoms with Gasteiger partial charge in [0.05, 0.1) is 0 Å². The number of hydrogen-bond acceptors (Lipinski definition) is 2. The Kier molecular flexibility index (Phi) is 4.34. The molecule has 0 aliphatic heterocycles. The van der Waals surface area contributed by atoms with E-state index in [1.54, 1.807) is 7.05 Å². The summed E-state index contributed by atoms with van der Waals surface area (Å²) in [6.45, 7) is 4.03. The summed E-state index contributed by atoms with van der Waals surface area (Å²) in [6, 6.07) is 0. The lowest BCUT2D eigenvalue weighted by atomic mass is 10.6.